The van der Waals surface area contributed by atoms with Crippen molar-refractivity contribution in [2.75, 3.05) is 4.72 Å². The van der Waals surface area contributed by atoms with Crippen LogP contribution in [0.15, 0.2) is 47.4 Å². The van der Waals surface area contributed by atoms with Crippen LogP contribution < -0.4 is 4.72 Å². The average molecular weight is 281 g/mol. The average Bonchev–Trinajstić information content (AvgIpc) is 2.33. The van der Waals surface area contributed by atoms with Crippen LogP contribution in [0.5, 0.6) is 5.75 Å². The minimum atomic E-state index is -3.93. The minimum absolute atomic E-state index is 0.0595. The normalized spacial score (nSPS) is 11.3. The first-order chi connectivity index (χ1) is 8.88. The van der Waals surface area contributed by atoms with Gasteiger partial charge in [-0.3, -0.25) is 4.72 Å². The van der Waals surface area contributed by atoms with Gasteiger partial charge < -0.3 is 5.11 Å². The Balaban J connectivity index is 2.39. The number of sulfonamides is 1. The monoisotopic (exact) mass is 281 g/mol. The number of benzene rings is 2. The fourth-order valence-corrected chi connectivity index (χ4v) is 2.67. The molecule has 0 atom stereocenters. The van der Waals surface area contributed by atoms with E-state index in [1.54, 1.807) is 13.0 Å². The van der Waals surface area contributed by atoms with Gasteiger partial charge in [-0.2, -0.15) is 0 Å². The van der Waals surface area contributed by atoms with E-state index in [4.69, 9.17) is 0 Å². The number of anilines is 1. The maximum Gasteiger partial charge on any atom is 0.262 e. The van der Waals surface area contributed by atoms with E-state index >= 15 is 0 Å². The number of halogens is 1. The summed E-state index contributed by atoms with van der Waals surface area (Å²) in [7, 11) is -3.93. The number of nitrogens with one attached hydrogen (secondary N) is 1. The van der Waals surface area contributed by atoms with Gasteiger partial charge in [-0.15, -0.1) is 0 Å². The van der Waals surface area contributed by atoms with Crippen molar-refractivity contribution in [1.29, 1.82) is 0 Å². The van der Waals surface area contributed by atoms with Crippen molar-refractivity contribution < 1.29 is 17.9 Å². The highest BCUT2D eigenvalue weighted by atomic mass is 32.2. The number of hydrogen-bond acceptors (Lipinski definition) is 3. The first kappa shape index (κ1) is 13.4. The lowest BCUT2D eigenvalue weighted by Crippen LogP contribution is -2.13. The van der Waals surface area contributed by atoms with Gasteiger partial charge in [0.25, 0.3) is 10.0 Å². The molecule has 0 saturated heterocycles. The van der Waals surface area contributed by atoms with Crippen molar-refractivity contribution >= 4 is 15.7 Å². The molecule has 0 fully saturated rings. The Hall–Kier alpha value is -2.08. The predicted molar refractivity (Wildman–Crippen MR) is 70.1 cm³/mol. The lowest BCUT2D eigenvalue weighted by molar-refractivity contribution is 0.477. The molecule has 0 aliphatic carbocycles. The lowest BCUT2D eigenvalue weighted by Gasteiger charge is -2.10. The molecule has 0 amide bonds. The zero-order chi connectivity index (χ0) is 14.0. The van der Waals surface area contributed by atoms with Crippen LogP contribution >= 0.6 is 0 Å². The van der Waals surface area contributed by atoms with E-state index in [1.807, 2.05) is 0 Å². The van der Waals surface area contributed by atoms with Crippen LogP contribution in [0.2, 0.25) is 0 Å². The fraction of sp³-hybridized carbons (Fsp3) is 0.0769. The predicted octanol–water partition coefficient (Wildman–Crippen LogP) is 2.64. The van der Waals surface area contributed by atoms with E-state index in [9.17, 15) is 17.9 Å². The van der Waals surface area contributed by atoms with Gasteiger partial charge in [0.05, 0.1) is 10.6 Å². The number of rotatable bonds is 3. The van der Waals surface area contributed by atoms with E-state index in [0.717, 1.165) is 17.7 Å². The summed E-state index contributed by atoms with van der Waals surface area (Å²) < 4.78 is 39.3. The molecule has 2 N–H and O–H groups in total. The Morgan fingerprint density at radius 2 is 1.89 bits per heavy atom. The highest BCUT2D eigenvalue weighted by Crippen LogP contribution is 2.26. The van der Waals surface area contributed by atoms with E-state index in [1.165, 1.54) is 24.3 Å². The summed E-state index contributed by atoms with van der Waals surface area (Å²) in [5, 5.41) is 9.60. The molecule has 0 aliphatic heterocycles. The third kappa shape index (κ3) is 3.03. The Morgan fingerprint density at radius 1 is 1.16 bits per heavy atom. The molecule has 2 aromatic rings. The number of hydrogen-bond donors (Lipinski definition) is 2. The van der Waals surface area contributed by atoms with E-state index in [0.29, 0.717) is 0 Å². The summed E-state index contributed by atoms with van der Waals surface area (Å²) in [5.74, 6) is -0.832. The molecular weight excluding hydrogens is 269 g/mol. The highest BCUT2D eigenvalue weighted by molar-refractivity contribution is 7.92. The second-order valence-corrected chi connectivity index (χ2v) is 5.77. The van der Waals surface area contributed by atoms with Crippen molar-refractivity contribution in [3.8, 4) is 5.75 Å². The van der Waals surface area contributed by atoms with E-state index in [2.05, 4.69) is 4.72 Å². The quantitative estimate of drug-likeness (QED) is 0.850. The molecule has 0 saturated carbocycles. The zero-order valence-corrected chi connectivity index (χ0v) is 10.9. The van der Waals surface area contributed by atoms with Crippen LogP contribution in [0, 0.1) is 12.7 Å². The van der Waals surface area contributed by atoms with Gasteiger partial charge in [-0.05, 0) is 42.8 Å². The molecule has 19 heavy (non-hydrogen) atoms. The molecule has 2 aromatic carbocycles. The molecular formula is C13H12FNO3S. The van der Waals surface area contributed by atoms with Crippen LogP contribution in [-0.4, -0.2) is 13.5 Å². The standard InChI is InChI=1S/C13H12FNO3S/c1-9-5-6-13(16)12(7-9)15-19(17,18)11-4-2-3-10(14)8-11/h2-8,15-16H,1H3. The molecule has 0 heterocycles. The van der Waals surface area contributed by atoms with E-state index in [-0.39, 0.29) is 16.3 Å². The van der Waals surface area contributed by atoms with Crippen LogP contribution in [0.1, 0.15) is 5.56 Å². The minimum Gasteiger partial charge on any atom is -0.506 e. The van der Waals surface area contributed by atoms with Crippen molar-refractivity contribution in [2.24, 2.45) is 0 Å². The molecule has 6 heteroatoms. The molecule has 2 rings (SSSR count). The molecule has 0 unspecified atom stereocenters. The summed E-state index contributed by atoms with van der Waals surface area (Å²) in [6, 6.07) is 9.18. The fourth-order valence-electron chi connectivity index (χ4n) is 1.57. The first-order valence-corrected chi connectivity index (χ1v) is 6.95. The van der Waals surface area contributed by atoms with Gasteiger partial charge in [-0.25, -0.2) is 12.8 Å². The molecule has 0 radical (unpaired) electrons. The van der Waals surface area contributed by atoms with Gasteiger partial charge in [0.2, 0.25) is 0 Å². The molecule has 0 bridgehead atoms. The Kier molecular flexibility index (Phi) is 3.44. The van der Waals surface area contributed by atoms with E-state index < -0.39 is 15.8 Å². The largest absolute Gasteiger partial charge is 0.506 e. The molecule has 4 nitrogen and oxygen atoms in total. The summed E-state index contributed by atoms with van der Waals surface area (Å²) in [6.07, 6.45) is 0. The number of aryl methyl sites for hydroxylation is 1. The molecule has 0 aromatic heterocycles. The Labute approximate surface area is 110 Å². The zero-order valence-electron chi connectivity index (χ0n) is 10.1. The van der Waals surface area contributed by atoms with Crippen molar-refractivity contribution in [3.63, 3.8) is 0 Å². The van der Waals surface area contributed by atoms with Crippen molar-refractivity contribution in [1.82, 2.24) is 0 Å². The summed E-state index contributed by atoms with van der Waals surface area (Å²) in [4.78, 5) is -0.201. The SMILES string of the molecule is Cc1ccc(O)c(NS(=O)(=O)c2cccc(F)c2)c1. The summed E-state index contributed by atoms with van der Waals surface area (Å²) >= 11 is 0. The number of aromatic hydroxyl groups is 1. The van der Waals surface area contributed by atoms with Crippen LogP contribution in [0.4, 0.5) is 10.1 Å². The first-order valence-electron chi connectivity index (χ1n) is 5.46. The highest BCUT2D eigenvalue weighted by Gasteiger charge is 2.16. The van der Waals surface area contributed by atoms with Gasteiger partial charge in [0.1, 0.15) is 11.6 Å². The Bertz CT molecular complexity index is 714. The number of phenolic OH excluding ortho intramolecular Hbond substituents is 1. The molecule has 0 aliphatic rings. The third-order valence-corrected chi connectivity index (χ3v) is 3.87. The molecule has 100 valence electrons. The van der Waals surface area contributed by atoms with Crippen LogP contribution in [0.25, 0.3) is 0 Å². The molecule has 0 spiro atoms. The summed E-state index contributed by atoms with van der Waals surface area (Å²) in [6.45, 7) is 1.76. The second kappa shape index (κ2) is 4.89. The second-order valence-electron chi connectivity index (χ2n) is 4.08. The van der Waals surface area contributed by atoms with Gasteiger partial charge in [-0.1, -0.05) is 12.1 Å². The third-order valence-electron chi connectivity index (χ3n) is 2.50. The van der Waals surface area contributed by atoms with Crippen molar-refractivity contribution in [2.45, 2.75) is 11.8 Å². The van der Waals surface area contributed by atoms with Crippen LogP contribution in [-0.2, 0) is 10.0 Å². The maximum absolute atomic E-state index is 13.0. The number of phenols is 1. The van der Waals surface area contributed by atoms with Gasteiger partial charge in [0, 0.05) is 0 Å². The maximum atomic E-state index is 13.0. The lowest BCUT2D eigenvalue weighted by atomic mass is 10.2. The topological polar surface area (TPSA) is 66.4 Å². The van der Waals surface area contributed by atoms with Gasteiger partial charge in [0.15, 0.2) is 0 Å². The Morgan fingerprint density at radius 3 is 2.58 bits per heavy atom. The van der Waals surface area contributed by atoms with Crippen molar-refractivity contribution in [3.05, 3.63) is 53.8 Å². The smallest absolute Gasteiger partial charge is 0.262 e. The summed E-state index contributed by atoms with van der Waals surface area (Å²) in [5.41, 5.74) is 0.846. The van der Waals surface area contributed by atoms with Crippen LogP contribution in [0.3, 0.4) is 0 Å². The van der Waals surface area contributed by atoms with Gasteiger partial charge >= 0.3 is 0 Å².